The van der Waals surface area contributed by atoms with Crippen molar-refractivity contribution < 1.29 is 4.74 Å². The second-order valence-corrected chi connectivity index (χ2v) is 5.91. The summed E-state index contributed by atoms with van der Waals surface area (Å²) in [6, 6.07) is 8.69. The maximum Gasteiger partial charge on any atom is 0.120 e. The molecule has 1 N–H and O–H groups in total. The molecule has 3 nitrogen and oxygen atoms in total. The molecular formula is C15H23BrN2O. The fraction of sp³-hybridized carbons (Fsp3) is 0.600. The van der Waals surface area contributed by atoms with E-state index in [0.29, 0.717) is 6.04 Å². The number of benzene rings is 1. The summed E-state index contributed by atoms with van der Waals surface area (Å²) in [6.45, 7) is 7.35. The lowest BCUT2D eigenvalue weighted by molar-refractivity contribution is 0.203. The first-order chi connectivity index (χ1) is 9.28. The molecule has 0 aliphatic carbocycles. The minimum atomic E-state index is 0.672. The number of likely N-dealkylation sites (N-methyl/N-ethyl adjacent to an activating group) is 1. The molecule has 106 valence electrons. The molecule has 1 aromatic rings. The predicted molar refractivity (Wildman–Crippen MR) is 82.8 cm³/mol. The average Bonchev–Trinajstić information content (AvgIpc) is 2.90. The molecule has 1 fully saturated rings. The summed E-state index contributed by atoms with van der Waals surface area (Å²) in [6.07, 6.45) is 2.62. The molecule has 1 saturated heterocycles. The Bertz CT molecular complexity index is 380. The molecule has 1 unspecified atom stereocenters. The Morgan fingerprint density at radius 1 is 1.47 bits per heavy atom. The topological polar surface area (TPSA) is 24.5 Å². The highest BCUT2D eigenvalue weighted by atomic mass is 79.9. The number of halogens is 1. The van der Waals surface area contributed by atoms with Gasteiger partial charge in [-0.05, 0) is 44.1 Å². The molecule has 1 heterocycles. The summed E-state index contributed by atoms with van der Waals surface area (Å²) in [4.78, 5) is 2.46. The van der Waals surface area contributed by atoms with Gasteiger partial charge in [-0.15, -0.1) is 0 Å². The van der Waals surface area contributed by atoms with Gasteiger partial charge in [0.25, 0.3) is 0 Å². The van der Waals surface area contributed by atoms with E-state index < -0.39 is 0 Å². The number of nitrogens with zero attached hydrogens (tertiary/aromatic N) is 1. The van der Waals surface area contributed by atoms with Crippen molar-refractivity contribution in [2.45, 2.75) is 25.8 Å². The zero-order valence-corrected chi connectivity index (χ0v) is 13.2. The van der Waals surface area contributed by atoms with Crippen LogP contribution in [0.3, 0.4) is 0 Å². The third-order valence-corrected chi connectivity index (χ3v) is 4.05. The third-order valence-electron chi connectivity index (χ3n) is 3.56. The van der Waals surface area contributed by atoms with E-state index in [0.717, 1.165) is 36.5 Å². The Hall–Kier alpha value is -0.580. The van der Waals surface area contributed by atoms with Crippen LogP contribution in [0.2, 0.25) is 0 Å². The number of ether oxygens (including phenoxy) is 1. The quantitative estimate of drug-likeness (QED) is 0.833. The Balaban J connectivity index is 1.70. The molecule has 2 rings (SSSR count). The van der Waals surface area contributed by atoms with Gasteiger partial charge in [-0.3, -0.25) is 4.90 Å². The van der Waals surface area contributed by atoms with E-state index in [4.69, 9.17) is 4.74 Å². The predicted octanol–water partition coefficient (Wildman–Crippen LogP) is 2.90. The van der Waals surface area contributed by atoms with Crippen molar-refractivity contribution in [2.75, 3.05) is 32.8 Å². The highest BCUT2D eigenvalue weighted by Gasteiger charge is 2.16. The van der Waals surface area contributed by atoms with Crippen LogP contribution in [0.4, 0.5) is 0 Å². The zero-order valence-electron chi connectivity index (χ0n) is 11.6. The molecule has 0 aromatic heterocycles. The van der Waals surface area contributed by atoms with Crippen molar-refractivity contribution in [1.82, 2.24) is 10.2 Å². The van der Waals surface area contributed by atoms with Crippen molar-refractivity contribution in [3.8, 4) is 5.75 Å². The third kappa shape index (κ3) is 5.13. The maximum absolute atomic E-state index is 5.79. The highest BCUT2D eigenvalue weighted by molar-refractivity contribution is 9.10. The monoisotopic (exact) mass is 326 g/mol. The standard InChI is InChI=1S/C15H23BrN2O/c1-2-18(12-14-6-4-8-17-14)9-10-19-15-7-3-5-13(16)11-15/h3,5,7,11,14,17H,2,4,6,8-10,12H2,1H3. The molecule has 4 heteroatoms. The molecule has 0 bridgehead atoms. The van der Waals surface area contributed by atoms with Crippen molar-refractivity contribution in [3.05, 3.63) is 28.7 Å². The van der Waals surface area contributed by atoms with Crippen LogP contribution in [0.25, 0.3) is 0 Å². The van der Waals surface area contributed by atoms with E-state index >= 15 is 0 Å². The van der Waals surface area contributed by atoms with Crippen LogP contribution >= 0.6 is 15.9 Å². The van der Waals surface area contributed by atoms with Crippen LogP contribution in [0.5, 0.6) is 5.75 Å². The molecule has 0 amide bonds. The zero-order chi connectivity index (χ0) is 13.5. The van der Waals surface area contributed by atoms with Gasteiger partial charge >= 0.3 is 0 Å². The second-order valence-electron chi connectivity index (χ2n) is 4.99. The van der Waals surface area contributed by atoms with Crippen molar-refractivity contribution >= 4 is 15.9 Å². The smallest absolute Gasteiger partial charge is 0.120 e. The number of hydrogen-bond acceptors (Lipinski definition) is 3. The fourth-order valence-electron chi connectivity index (χ4n) is 2.45. The first-order valence-electron chi connectivity index (χ1n) is 7.12. The molecule has 0 saturated carbocycles. The lowest BCUT2D eigenvalue weighted by atomic mass is 10.2. The van der Waals surface area contributed by atoms with E-state index in [1.807, 2.05) is 24.3 Å². The van der Waals surface area contributed by atoms with Gasteiger partial charge < -0.3 is 10.1 Å². The first kappa shape index (κ1) is 14.8. The van der Waals surface area contributed by atoms with Crippen LogP contribution in [0, 0.1) is 0 Å². The summed E-state index contributed by atoms with van der Waals surface area (Å²) < 4.78 is 6.85. The number of hydrogen-bond donors (Lipinski definition) is 1. The van der Waals surface area contributed by atoms with E-state index in [-0.39, 0.29) is 0 Å². The van der Waals surface area contributed by atoms with Crippen molar-refractivity contribution in [2.24, 2.45) is 0 Å². The van der Waals surface area contributed by atoms with Gasteiger partial charge in [0.15, 0.2) is 0 Å². The van der Waals surface area contributed by atoms with Gasteiger partial charge in [0.2, 0.25) is 0 Å². The molecule has 0 spiro atoms. The van der Waals surface area contributed by atoms with Gasteiger partial charge in [0.05, 0.1) is 0 Å². The van der Waals surface area contributed by atoms with E-state index in [2.05, 4.69) is 33.1 Å². The van der Waals surface area contributed by atoms with Gasteiger partial charge in [0.1, 0.15) is 12.4 Å². The minimum absolute atomic E-state index is 0.672. The maximum atomic E-state index is 5.79. The van der Waals surface area contributed by atoms with Crippen LogP contribution in [0.15, 0.2) is 28.7 Å². The lowest BCUT2D eigenvalue weighted by Gasteiger charge is -2.24. The van der Waals surface area contributed by atoms with Crippen LogP contribution in [0.1, 0.15) is 19.8 Å². The highest BCUT2D eigenvalue weighted by Crippen LogP contribution is 2.17. The minimum Gasteiger partial charge on any atom is -0.492 e. The van der Waals surface area contributed by atoms with Gasteiger partial charge in [-0.1, -0.05) is 28.9 Å². The van der Waals surface area contributed by atoms with Crippen LogP contribution in [-0.2, 0) is 0 Å². The average molecular weight is 327 g/mol. The largest absolute Gasteiger partial charge is 0.492 e. The normalized spacial score (nSPS) is 19.0. The van der Waals surface area contributed by atoms with E-state index in [9.17, 15) is 0 Å². The molecule has 19 heavy (non-hydrogen) atoms. The Morgan fingerprint density at radius 3 is 3.05 bits per heavy atom. The Kier molecular flexibility index (Phi) is 6.14. The van der Waals surface area contributed by atoms with E-state index in [1.54, 1.807) is 0 Å². The van der Waals surface area contributed by atoms with Crippen molar-refractivity contribution in [1.29, 1.82) is 0 Å². The number of nitrogens with one attached hydrogen (secondary N) is 1. The van der Waals surface area contributed by atoms with E-state index in [1.165, 1.54) is 19.4 Å². The SMILES string of the molecule is CCN(CCOc1cccc(Br)c1)CC1CCCN1. The van der Waals surface area contributed by atoms with Crippen molar-refractivity contribution in [3.63, 3.8) is 0 Å². The molecule has 0 radical (unpaired) electrons. The summed E-state index contributed by atoms with van der Waals surface area (Å²) in [7, 11) is 0. The van der Waals surface area contributed by atoms with Crippen LogP contribution < -0.4 is 10.1 Å². The number of rotatable bonds is 7. The first-order valence-corrected chi connectivity index (χ1v) is 7.91. The van der Waals surface area contributed by atoms with Gasteiger partial charge in [-0.2, -0.15) is 0 Å². The summed E-state index contributed by atoms with van der Waals surface area (Å²) in [5, 5.41) is 3.55. The molecule has 1 aliphatic rings. The van der Waals surface area contributed by atoms with Gasteiger partial charge in [0, 0.05) is 23.6 Å². The molecule has 1 atom stereocenters. The molecular weight excluding hydrogens is 304 g/mol. The summed E-state index contributed by atoms with van der Waals surface area (Å²) in [5.41, 5.74) is 0. The van der Waals surface area contributed by atoms with Crippen LogP contribution in [-0.4, -0.2) is 43.7 Å². The molecule has 1 aromatic carbocycles. The summed E-state index contributed by atoms with van der Waals surface area (Å²) >= 11 is 3.46. The Morgan fingerprint density at radius 2 is 2.37 bits per heavy atom. The van der Waals surface area contributed by atoms with Gasteiger partial charge in [-0.25, -0.2) is 0 Å². The second kappa shape index (κ2) is 7.88. The fourth-order valence-corrected chi connectivity index (χ4v) is 2.83. The summed E-state index contributed by atoms with van der Waals surface area (Å²) in [5.74, 6) is 0.935. The molecule has 1 aliphatic heterocycles. The Labute approximate surface area is 124 Å². The lowest BCUT2D eigenvalue weighted by Crippen LogP contribution is -2.39.